The molecule has 172 valence electrons. The maximum Gasteiger partial charge on any atom is 0.270 e. The van der Waals surface area contributed by atoms with Crippen LogP contribution in [0, 0.1) is 13.8 Å². The number of carbonyl (C=O) groups is 2. The molecule has 2 aromatic carbocycles. The molecule has 0 aromatic heterocycles. The average Bonchev–Trinajstić information content (AvgIpc) is 3.33. The molecule has 0 aliphatic carbocycles. The zero-order chi connectivity index (χ0) is 23.7. The highest BCUT2D eigenvalue weighted by molar-refractivity contribution is 7.80. The lowest BCUT2D eigenvalue weighted by atomic mass is 10.0. The van der Waals surface area contributed by atoms with Crippen molar-refractivity contribution in [2.24, 2.45) is 0 Å². The molecule has 2 aliphatic heterocycles. The van der Waals surface area contributed by atoms with E-state index in [1.165, 1.54) is 11.0 Å². The maximum absolute atomic E-state index is 13.4. The number of nitrogens with one attached hydrogen (secondary N) is 1. The summed E-state index contributed by atoms with van der Waals surface area (Å²) in [6.45, 7) is 5.85. The second kappa shape index (κ2) is 9.23. The van der Waals surface area contributed by atoms with Crippen molar-refractivity contribution in [1.82, 2.24) is 5.32 Å². The van der Waals surface area contributed by atoms with Gasteiger partial charge >= 0.3 is 0 Å². The van der Waals surface area contributed by atoms with Crippen molar-refractivity contribution in [3.05, 3.63) is 52.6 Å². The Hall–Kier alpha value is -3.39. The van der Waals surface area contributed by atoms with E-state index in [2.05, 4.69) is 10.2 Å². The Morgan fingerprint density at radius 3 is 2.30 bits per heavy atom. The molecule has 0 unspecified atom stereocenters. The van der Waals surface area contributed by atoms with Crippen molar-refractivity contribution in [3.63, 3.8) is 0 Å². The van der Waals surface area contributed by atoms with Gasteiger partial charge in [-0.3, -0.25) is 19.8 Å². The first-order valence-electron chi connectivity index (χ1n) is 10.8. The molecule has 0 radical (unpaired) electrons. The van der Waals surface area contributed by atoms with Crippen LogP contribution in [0.1, 0.15) is 29.5 Å². The van der Waals surface area contributed by atoms with Gasteiger partial charge in [0, 0.05) is 24.7 Å². The number of ether oxygens (including phenoxy) is 2. The minimum Gasteiger partial charge on any atom is -0.496 e. The van der Waals surface area contributed by atoms with E-state index in [4.69, 9.17) is 21.7 Å². The van der Waals surface area contributed by atoms with Crippen LogP contribution in [0.3, 0.4) is 0 Å². The predicted octanol–water partition coefficient (Wildman–Crippen LogP) is 3.75. The molecule has 2 aliphatic rings. The molecule has 2 aromatic rings. The summed E-state index contributed by atoms with van der Waals surface area (Å²) in [6.07, 6.45) is 3.78. The van der Waals surface area contributed by atoms with E-state index in [1.807, 2.05) is 38.1 Å². The second-order valence-electron chi connectivity index (χ2n) is 8.19. The predicted molar refractivity (Wildman–Crippen MR) is 133 cm³/mol. The van der Waals surface area contributed by atoms with Crippen molar-refractivity contribution in [2.45, 2.75) is 26.7 Å². The molecule has 4 rings (SSSR count). The lowest BCUT2D eigenvalue weighted by molar-refractivity contribution is -0.122. The molecule has 8 heteroatoms. The lowest BCUT2D eigenvalue weighted by Gasteiger charge is -2.29. The third kappa shape index (κ3) is 4.30. The van der Waals surface area contributed by atoms with Crippen molar-refractivity contribution < 1.29 is 19.1 Å². The Morgan fingerprint density at radius 1 is 0.970 bits per heavy atom. The van der Waals surface area contributed by atoms with Crippen LogP contribution in [0.5, 0.6) is 11.5 Å². The Balaban J connectivity index is 1.76. The van der Waals surface area contributed by atoms with E-state index in [-0.39, 0.29) is 10.7 Å². The Morgan fingerprint density at radius 2 is 1.67 bits per heavy atom. The average molecular weight is 466 g/mol. The molecular formula is C25H27N3O4S. The summed E-state index contributed by atoms with van der Waals surface area (Å²) in [5, 5.41) is 2.69. The SMILES string of the molecule is COc1cc(N2CCCC2)c(OC)cc1/C=C1\C(=O)NC(=S)N(c2ccc(C)c(C)c2)C1=O. The molecule has 7 nitrogen and oxygen atoms in total. The zero-order valence-corrected chi connectivity index (χ0v) is 20.0. The van der Waals surface area contributed by atoms with Gasteiger partial charge in [0.2, 0.25) is 0 Å². The topological polar surface area (TPSA) is 71.1 Å². The monoisotopic (exact) mass is 465 g/mol. The number of thiocarbonyl (C=S) groups is 1. The van der Waals surface area contributed by atoms with Gasteiger partial charge in [0.25, 0.3) is 11.8 Å². The third-order valence-corrected chi connectivity index (χ3v) is 6.41. The van der Waals surface area contributed by atoms with Crippen molar-refractivity contribution in [3.8, 4) is 11.5 Å². The Bertz CT molecular complexity index is 1170. The van der Waals surface area contributed by atoms with Crippen LogP contribution in [0.2, 0.25) is 0 Å². The molecule has 2 saturated heterocycles. The van der Waals surface area contributed by atoms with Crippen LogP contribution in [0.25, 0.3) is 6.08 Å². The fourth-order valence-electron chi connectivity index (χ4n) is 4.14. The summed E-state index contributed by atoms with van der Waals surface area (Å²) in [4.78, 5) is 29.8. The van der Waals surface area contributed by atoms with Gasteiger partial charge < -0.3 is 14.4 Å². The molecule has 0 saturated carbocycles. The third-order valence-electron chi connectivity index (χ3n) is 6.13. The highest BCUT2D eigenvalue weighted by Gasteiger charge is 2.35. The van der Waals surface area contributed by atoms with Gasteiger partial charge in [-0.1, -0.05) is 6.07 Å². The van der Waals surface area contributed by atoms with E-state index in [1.54, 1.807) is 20.3 Å². The quantitative estimate of drug-likeness (QED) is 0.412. The van der Waals surface area contributed by atoms with Crippen LogP contribution in [-0.4, -0.2) is 44.2 Å². The fraction of sp³-hybridized carbons (Fsp3) is 0.320. The fourth-order valence-corrected chi connectivity index (χ4v) is 4.42. The highest BCUT2D eigenvalue weighted by Crippen LogP contribution is 2.38. The molecule has 2 heterocycles. The summed E-state index contributed by atoms with van der Waals surface area (Å²) in [5.74, 6) is 0.179. The summed E-state index contributed by atoms with van der Waals surface area (Å²) < 4.78 is 11.2. The normalized spacial score (nSPS) is 17.6. The summed E-state index contributed by atoms with van der Waals surface area (Å²) in [5.41, 5.74) is 4.21. The zero-order valence-electron chi connectivity index (χ0n) is 19.2. The van der Waals surface area contributed by atoms with Gasteiger partial charge in [-0.05, 0) is 74.3 Å². The van der Waals surface area contributed by atoms with Crippen molar-refractivity contribution >= 4 is 46.6 Å². The number of nitrogens with zero attached hydrogens (tertiary/aromatic N) is 2. The van der Waals surface area contributed by atoms with Crippen LogP contribution in [0.4, 0.5) is 11.4 Å². The molecule has 0 atom stereocenters. The minimum atomic E-state index is -0.547. The number of methoxy groups -OCH3 is 2. The molecule has 33 heavy (non-hydrogen) atoms. The lowest BCUT2D eigenvalue weighted by Crippen LogP contribution is -2.54. The number of benzene rings is 2. The summed E-state index contributed by atoms with van der Waals surface area (Å²) in [6, 6.07) is 9.31. The van der Waals surface area contributed by atoms with E-state index >= 15 is 0 Å². The van der Waals surface area contributed by atoms with Crippen LogP contribution in [-0.2, 0) is 9.59 Å². The van der Waals surface area contributed by atoms with Crippen molar-refractivity contribution in [1.29, 1.82) is 0 Å². The van der Waals surface area contributed by atoms with Crippen LogP contribution >= 0.6 is 12.2 Å². The smallest absolute Gasteiger partial charge is 0.270 e. The van der Waals surface area contributed by atoms with Gasteiger partial charge in [0.1, 0.15) is 17.1 Å². The molecular weight excluding hydrogens is 438 g/mol. The molecule has 1 N–H and O–H groups in total. The van der Waals surface area contributed by atoms with Gasteiger partial charge in [-0.25, -0.2) is 0 Å². The minimum absolute atomic E-state index is 0.0314. The van der Waals surface area contributed by atoms with E-state index in [9.17, 15) is 9.59 Å². The first-order valence-corrected chi connectivity index (χ1v) is 11.2. The number of anilines is 2. The second-order valence-corrected chi connectivity index (χ2v) is 8.57. The molecule has 2 amide bonds. The van der Waals surface area contributed by atoms with Crippen LogP contribution < -0.4 is 24.6 Å². The Kier molecular flexibility index (Phi) is 6.37. The van der Waals surface area contributed by atoms with Gasteiger partial charge in [-0.2, -0.15) is 0 Å². The standard InChI is InChI=1S/C25H27N3O4S/c1-15-7-8-18(11-16(15)2)28-24(30)19(23(29)26-25(28)33)12-17-13-22(32-4)20(14-21(17)31-3)27-9-5-6-10-27/h7-8,11-14H,5-6,9-10H2,1-4H3,(H,26,29,33)/b19-12+. The van der Waals surface area contributed by atoms with E-state index < -0.39 is 11.8 Å². The Labute approximate surface area is 199 Å². The largest absolute Gasteiger partial charge is 0.496 e. The van der Waals surface area contributed by atoms with E-state index in [0.29, 0.717) is 22.7 Å². The van der Waals surface area contributed by atoms with Crippen LogP contribution in [0.15, 0.2) is 35.9 Å². The number of rotatable bonds is 5. The number of hydrogen-bond donors (Lipinski definition) is 1. The highest BCUT2D eigenvalue weighted by atomic mass is 32.1. The summed E-state index contributed by atoms with van der Waals surface area (Å²) in [7, 11) is 3.17. The van der Waals surface area contributed by atoms with Gasteiger partial charge in [-0.15, -0.1) is 0 Å². The van der Waals surface area contributed by atoms with Gasteiger partial charge in [0.15, 0.2) is 5.11 Å². The number of amides is 2. The first-order chi connectivity index (χ1) is 15.8. The summed E-state index contributed by atoms with van der Waals surface area (Å²) >= 11 is 5.32. The van der Waals surface area contributed by atoms with Gasteiger partial charge in [0.05, 0.1) is 25.6 Å². The molecule has 0 bridgehead atoms. The number of hydrogen-bond acceptors (Lipinski definition) is 6. The first kappa shape index (κ1) is 22.8. The van der Waals surface area contributed by atoms with E-state index in [0.717, 1.165) is 42.7 Å². The number of carbonyl (C=O) groups excluding carboxylic acids is 2. The molecule has 0 spiro atoms. The molecule has 2 fully saturated rings. The maximum atomic E-state index is 13.4. The van der Waals surface area contributed by atoms with Crippen molar-refractivity contribution in [2.75, 3.05) is 37.1 Å². The number of aryl methyl sites for hydroxylation is 2.